The van der Waals surface area contributed by atoms with Crippen molar-refractivity contribution in [3.05, 3.63) is 0 Å². The molecule has 144 valence electrons. The Labute approximate surface area is 180 Å². The van der Waals surface area contributed by atoms with Gasteiger partial charge in [0.05, 0.1) is 0 Å². The predicted molar refractivity (Wildman–Crippen MR) is 110 cm³/mol. The first kappa shape index (κ1) is 30.1. The molecule has 0 aromatic rings. The van der Waals surface area contributed by atoms with Crippen molar-refractivity contribution >= 4 is 35.5 Å². The van der Waals surface area contributed by atoms with Gasteiger partial charge in [0.15, 0.2) is 0 Å². The summed E-state index contributed by atoms with van der Waals surface area (Å²) in [6.45, 7) is 4.44. The van der Waals surface area contributed by atoms with Crippen LogP contribution in [0, 0.1) is 0 Å². The molecule has 0 N–H and O–H groups in total. The number of carbonyl (C=O) groups is 2. The Morgan fingerprint density at radius 3 is 1.00 bits per heavy atom. The summed E-state index contributed by atoms with van der Waals surface area (Å²) in [5, 5.41) is -0.160. The fourth-order valence-corrected chi connectivity index (χ4v) is 2.74. The van der Waals surface area contributed by atoms with Gasteiger partial charge in [0, 0.05) is 10.2 Å². The zero-order valence-electron chi connectivity index (χ0n) is 16.7. The van der Waals surface area contributed by atoms with Crippen molar-refractivity contribution in [1.82, 2.24) is 0 Å². The standard InChI is InChI=1S/2C10H20OS.Zn/c2*1-2-3-4-5-6-7-8-9-10(11)12;/h2*2-9H2,1H3,(H,11,12);/q;;+2/p-2. The minimum atomic E-state index is -0.0800. The van der Waals surface area contributed by atoms with Gasteiger partial charge in [-0.15, -0.1) is 0 Å². The second-order valence-electron chi connectivity index (χ2n) is 6.49. The van der Waals surface area contributed by atoms with Crippen LogP contribution in [-0.2, 0) is 54.3 Å². The van der Waals surface area contributed by atoms with Crippen LogP contribution < -0.4 is 0 Å². The van der Waals surface area contributed by atoms with Crippen molar-refractivity contribution in [3.63, 3.8) is 0 Å². The van der Waals surface area contributed by atoms with Gasteiger partial charge in [-0.3, -0.25) is 0 Å². The van der Waals surface area contributed by atoms with E-state index in [1.807, 2.05) is 0 Å². The van der Waals surface area contributed by atoms with Gasteiger partial charge in [0.25, 0.3) is 0 Å². The molecule has 0 spiro atoms. The van der Waals surface area contributed by atoms with Gasteiger partial charge < -0.3 is 34.8 Å². The molecule has 2 nitrogen and oxygen atoms in total. The van der Waals surface area contributed by atoms with Crippen molar-refractivity contribution in [3.8, 4) is 0 Å². The van der Waals surface area contributed by atoms with E-state index < -0.39 is 0 Å². The number of hydrogen-bond acceptors (Lipinski definition) is 4. The van der Waals surface area contributed by atoms with E-state index in [1.54, 1.807) is 0 Å². The van der Waals surface area contributed by atoms with E-state index in [0.29, 0.717) is 12.8 Å². The zero-order chi connectivity index (χ0) is 18.5. The summed E-state index contributed by atoms with van der Waals surface area (Å²) in [6, 6.07) is 0. The summed E-state index contributed by atoms with van der Waals surface area (Å²) >= 11 is 8.92. The number of rotatable bonds is 16. The molecular formula is C20H38O2S2Zn. The first-order valence-corrected chi connectivity index (χ1v) is 10.8. The Hall–Kier alpha value is 0.403. The Kier molecular flexibility index (Phi) is 32.1. The molecule has 25 heavy (non-hydrogen) atoms. The van der Waals surface area contributed by atoms with Crippen LogP contribution in [0.2, 0.25) is 0 Å². The molecule has 0 unspecified atom stereocenters. The Morgan fingerprint density at radius 2 is 0.760 bits per heavy atom. The molecule has 0 fully saturated rings. The van der Waals surface area contributed by atoms with Crippen LogP contribution in [0.1, 0.15) is 117 Å². The van der Waals surface area contributed by atoms with E-state index >= 15 is 0 Å². The molecule has 0 radical (unpaired) electrons. The first-order valence-electron chi connectivity index (χ1n) is 9.94. The van der Waals surface area contributed by atoms with Crippen LogP contribution in [0.4, 0.5) is 0 Å². The molecule has 0 bridgehead atoms. The molecule has 0 saturated heterocycles. The fraction of sp³-hybridized carbons (Fsp3) is 0.900. The van der Waals surface area contributed by atoms with E-state index in [4.69, 9.17) is 0 Å². The summed E-state index contributed by atoms with van der Waals surface area (Å²) in [5.74, 6) is 0. The molecule has 0 aliphatic rings. The molecule has 0 aliphatic heterocycles. The molecule has 0 aromatic carbocycles. The minimum Gasteiger partial charge on any atom is -0.742 e. The molecule has 0 aromatic heterocycles. The van der Waals surface area contributed by atoms with Crippen LogP contribution in [0.25, 0.3) is 0 Å². The monoisotopic (exact) mass is 438 g/mol. The quantitative estimate of drug-likeness (QED) is 0.158. The van der Waals surface area contributed by atoms with Gasteiger partial charge in [0.2, 0.25) is 0 Å². The summed E-state index contributed by atoms with van der Waals surface area (Å²) in [7, 11) is 0. The van der Waals surface area contributed by atoms with E-state index in [9.17, 15) is 9.59 Å². The van der Waals surface area contributed by atoms with Crippen molar-refractivity contribution < 1.29 is 29.1 Å². The minimum absolute atomic E-state index is 0. The van der Waals surface area contributed by atoms with Gasteiger partial charge in [-0.1, -0.05) is 90.9 Å². The average Bonchev–Trinajstić information content (AvgIpc) is 2.53. The first-order chi connectivity index (χ1) is 11.5. The molecule has 0 rings (SSSR count). The van der Waals surface area contributed by atoms with Crippen LogP contribution in [0.15, 0.2) is 0 Å². The number of hydrogen-bond donors (Lipinski definition) is 0. The fourth-order valence-electron chi connectivity index (χ4n) is 2.45. The third kappa shape index (κ3) is 36.2. The van der Waals surface area contributed by atoms with E-state index in [-0.39, 0.29) is 29.7 Å². The summed E-state index contributed by atoms with van der Waals surface area (Å²) in [4.78, 5) is 20.8. The molecule has 0 saturated carbocycles. The van der Waals surface area contributed by atoms with Crippen LogP contribution in [0.5, 0.6) is 0 Å². The van der Waals surface area contributed by atoms with Gasteiger partial charge >= 0.3 is 19.5 Å². The maximum Gasteiger partial charge on any atom is 2.00 e. The number of unbranched alkanes of at least 4 members (excludes halogenated alkanes) is 12. The largest absolute Gasteiger partial charge is 2.00 e. The average molecular weight is 440 g/mol. The molecule has 0 heterocycles. The Morgan fingerprint density at radius 1 is 0.520 bits per heavy atom. The summed E-state index contributed by atoms with van der Waals surface area (Å²) < 4.78 is 0. The SMILES string of the molecule is CCCCCCCCCC(=O)[S-].CCCCCCCCCC(=O)[S-].[Zn+2]. The van der Waals surface area contributed by atoms with Crippen LogP contribution in [-0.4, -0.2) is 10.2 Å². The molecular weight excluding hydrogens is 402 g/mol. The van der Waals surface area contributed by atoms with Crippen LogP contribution in [0.3, 0.4) is 0 Å². The van der Waals surface area contributed by atoms with E-state index in [0.717, 1.165) is 12.8 Å². The van der Waals surface area contributed by atoms with Gasteiger partial charge in [0.1, 0.15) is 0 Å². The smallest absolute Gasteiger partial charge is 0.742 e. The molecule has 0 aliphatic carbocycles. The Bertz CT molecular complexity index is 259. The maximum absolute atomic E-state index is 10.4. The predicted octanol–water partition coefficient (Wildman–Crippen LogP) is 6.40. The maximum atomic E-state index is 10.4. The van der Waals surface area contributed by atoms with Gasteiger partial charge in [-0.05, 0) is 25.7 Å². The van der Waals surface area contributed by atoms with Crippen molar-refractivity contribution in [1.29, 1.82) is 0 Å². The van der Waals surface area contributed by atoms with E-state index in [1.165, 1.54) is 77.0 Å². The van der Waals surface area contributed by atoms with Gasteiger partial charge in [-0.25, -0.2) is 0 Å². The molecule has 5 heteroatoms. The normalized spacial score (nSPS) is 9.68. The van der Waals surface area contributed by atoms with Crippen molar-refractivity contribution in [2.45, 2.75) is 117 Å². The third-order valence-corrected chi connectivity index (χ3v) is 4.38. The van der Waals surface area contributed by atoms with Gasteiger partial charge in [-0.2, -0.15) is 0 Å². The van der Waals surface area contributed by atoms with Crippen LogP contribution >= 0.6 is 0 Å². The second kappa shape index (κ2) is 26.6. The molecule has 0 amide bonds. The third-order valence-electron chi connectivity index (χ3n) is 3.97. The summed E-state index contributed by atoms with van der Waals surface area (Å²) in [6.07, 6.45) is 18.7. The molecule has 0 atom stereocenters. The summed E-state index contributed by atoms with van der Waals surface area (Å²) in [5.41, 5.74) is 0. The Balaban J connectivity index is -0.000000372. The van der Waals surface area contributed by atoms with Crippen molar-refractivity contribution in [2.24, 2.45) is 0 Å². The number of carbonyl (C=O) groups excluding carboxylic acids is 2. The topological polar surface area (TPSA) is 34.1 Å². The second-order valence-corrected chi connectivity index (χ2v) is 7.40. The van der Waals surface area contributed by atoms with Crippen molar-refractivity contribution in [2.75, 3.05) is 0 Å². The zero-order valence-corrected chi connectivity index (χ0v) is 21.3. The van der Waals surface area contributed by atoms with E-state index in [2.05, 4.69) is 39.1 Å².